The van der Waals surface area contributed by atoms with Crippen LogP contribution in [0.25, 0.3) is 115 Å². The summed E-state index contributed by atoms with van der Waals surface area (Å²) in [6, 6.07) is 92.5. The normalized spacial score (nSPS) is 11.8. The number of hydrogen-bond acceptors (Lipinski definition) is 2. The molecule has 0 radical (unpaired) electrons. The Hall–Kier alpha value is -9.18. The van der Waals surface area contributed by atoms with Crippen molar-refractivity contribution < 1.29 is 4.42 Å². The molecule has 0 unspecified atom stereocenters. The molecular weight excluding hydrogens is 837 g/mol. The van der Waals surface area contributed by atoms with Crippen molar-refractivity contribution in [3.05, 3.63) is 255 Å². The van der Waals surface area contributed by atoms with Crippen LogP contribution in [0.5, 0.6) is 0 Å². The topological polar surface area (TPSA) is 21.3 Å². The summed E-state index contributed by atoms with van der Waals surface area (Å²) in [5, 5.41) is 12.3. The molecule has 322 valence electrons. The lowest BCUT2D eigenvalue weighted by atomic mass is 9.94. The van der Waals surface area contributed by atoms with Crippen molar-refractivity contribution in [3.8, 4) is 39.1 Å². The number of rotatable bonds is 7. The van der Waals surface area contributed by atoms with Gasteiger partial charge in [-0.3, -0.25) is 0 Å². The minimum absolute atomic E-state index is 0.902. The van der Waals surface area contributed by atoms with Gasteiger partial charge in [-0.15, -0.1) is 0 Å². The van der Waals surface area contributed by atoms with Crippen LogP contribution >= 0.6 is 0 Å². The molecule has 14 rings (SSSR count). The molecule has 0 spiro atoms. The van der Waals surface area contributed by atoms with E-state index in [1.165, 1.54) is 70.8 Å². The Balaban J connectivity index is 0.879. The zero-order valence-electron chi connectivity index (χ0n) is 37.6. The second kappa shape index (κ2) is 15.7. The lowest BCUT2D eigenvalue weighted by molar-refractivity contribution is 0.670. The number of benzene rings is 12. The van der Waals surface area contributed by atoms with Crippen LogP contribution in [0.4, 0.5) is 17.1 Å². The second-order valence-corrected chi connectivity index (χ2v) is 18.0. The zero-order chi connectivity index (χ0) is 45.4. The average molecular weight is 879 g/mol. The first-order valence-corrected chi connectivity index (χ1v) is 23.7. The summed E-state index contributed by atoms with van der Waals surface area (Å²) in [6.07, 6.45) is 0. The maximum Gasteiger partial charge on any atom is 0.143 e. The van der Waals surface area contributed by atoms with E-state index in [1.807, 2.05) is 12.1 Å². The standard InChI is InChI=1S/C66H42N2O/c1-2-13-43(14-3-1)44-25-34-50(35-26-44)68-63-23-10-8-19-58(63)62-41-47(31-40-64(62)68)45-27-32-48(33-28-45)67(51-38-39-57-55-17-5-4-15-53(55)54-16-6-7-18-56(54)61(57)42-51)49-36-29-46(30-37-49)52-21-12-22-60-59-20-9-11-24-65(59)69-66(52)60/h1-42H. The molecule has 0 aliphatic heterocycles. The lowest BCUT2D eigenvalue weighted by Gasteiger charge is -2.26. The summed E-state index contributed by atoms with van der Waals surface area (Å²) < 4.78 is 8.87. The second-order valence-electron chi connectivity index (χ2n) is 18.0. The molecule has 0 atom stereocenters. The van der Waals surface area contributed by atoms with Gasteiger partial charge in [0.2, 0.25) is 0 Å². The van der Waals surface area contributed by atoms with Gasteiger partial charge in [0.25, 0.3) is 0 Å². The zero-order valence-corrected chi connectivity index (χ0v) is 37.6. The predicted octanol–water partition coefficient (Wildman–Crippen LogP) is 18.6. The van der Waals surface area contributed by atoms with Crippen LogP contribution in [0.3, 0.4) is 0 Å². The van der Waals surface area contributed by atoms with Gasteiger partial charge in [-0.2, -0.15) is 0 Å². The number of para-hydroxylation sites is 3. The Morgan fingerprint density at radius 1 is 0.275 bits per heavy atom. The van der Waals surface area contributed by atoms with Crippen LogP contribution < -0.4 is 4.90 Å². The van der Waals surface area contributed by atoms with E-state index in [0.717, 1.165) is 61.4 Å². The maximum absolute atomic E-state index is 6.48. The molecule has 69 heavy (non-hydrogen) atoms. The summed E-state index contributed by atoms with van der Waals surface area (Å²) >= 11 is 0. The van der Waals surface area contributed by atoms with Crippen LogP contribution in [0.15, 0.2) is 259 Å². The fourth-order valence-corrected chi connectivity index (χ4v) is 10.9. The Morgan fingerprint density at radius 3 is 1.48 bits per heavy atom. The number of fused-ring (bicyclic) bond motifs is 12. The Kier molecular flexibility index (Phi) is 8.90. The van der Waals surface area contributed by atoms with E-state index in [1.54, 1.807) is 0 Å². The minimum atomic E-state index is 0.902. The van der Waals surface area contributed by atoms with Crippen molar-refractivity contribution in [1.29, 1.82) is 0 Å². The quantitative estimate of drug-likeness (QED) is 0.149. The average Bonchev–Trinajstić information content (AvgIpc) is 3.98. The van der Waals surface area contributed by atoms with Crippen molar-refractivity contribution in [1.82, 2.24) is 4.57 Å². The van der Waals surface area contributed by atoms with Crippen LogP contribution in [0.2, 0.25) is 0 Å². The van der Waals surface area contributed by atoms with E-state index in [2.05, 4.69) is 252 Å². The third-order valence-corrected chi connectivity index (χ3v) is 14.2. The third kappa shape index (κ3) is 6.36. The summed E-state index contributed by atoms with van der Waals surface area (Å²) in [5.41, 5.74) is 15.5. The molecule has 0 aliphatic rings. The molecule has 14 aromatic rings. The summed E-state index contributed by atoms with van der Waals surface area (Å²) in [7, 11) is 0. The van der Waals surface area contributed by atoms with Gasteiger partial charge >= 0.3 is 0 Å². The van der Waals surface area contributed by atoms with E-state index < -0.39 is 0 Å². The van der Waals surface area contributed by atoms with E-state index in [9.17, 15) is 0 Å². The summed E-state index contributed by atoms with van der Waals surface area (Å²) in [6.45, 7) is 0. The highest BCUT2D eigenvalue weighted by Gasteiger charge is 2.19. The van der Waals surface area contributed by atoms with E-state index in [-0.39, 0.29) is 0 Å². The molecule has 3 heteroatoms. The van der Waals surface area contributed by atoms with Crippen molar-refractivity contribution in [2.45, 2.75) is 0 Å². The summed E-state index contributed by atoms with van der Waals surface area (Å²) in [5.74, 6) is 0. The van der Waals surface area contributed by atoms with E-state index >= 15 is 0 Å². The van der Waals surface area contributed by atoms with E-state index in [4.69, 9.17) is 4.42 Å². The molecule has 0 saturated heterocycles. The van der Waals surface area contributed by atoms with Gasteiger partial charge in [-0.1, -0.05) is 182 Å². The molecule has 0 saturated carbocycles. The fraction of sp³-hybridized carbons (Fsp3) is 0. The summed E-state index contributed by atoms with van der Waals surface area (Å²) in [4.78, 5) is 2.39. The molecule has 0 bridgehead atoms. The Morgan fingerprint density at radius 2 is 0.768 bits per heavy atom. The Bertz CT molecular complexity index is 4240. The smallest absolute Gasteiger partial charge is 0.143 e. The highest BCUT2D eigenvalue weighted by Crippen LogP contribution is 2.43. The molecule has 0 amide bonds. The molecule has 0 fully saturated rings. The molecule has 0 N–H and O–H groups in total. The monoisotopic (exact) mass is 878 g/mol. The van der Waals surface area contributed by atoms with Gasteiger partial charge in [0, 0.05) is 49.9 Å². The first-order chi connectivity index (χ1) is 34.2. The largest absolute Gasteiger partial charge is 0.455 e. The van der Waals surface area contributed by atoms with Crippen molar-refractivity contribution in [3.63, 3.8) is 0 Å². The van der Waals surface area contributed by atoms with Gasteiger partial charge in [0.1, 0.15) is 11.2 Å². The minimum Gasteiger partial charge on any atom is -0.455 e. The molecule has 12 aromatic carbocycles. The molecular formula is C66H42N2O. The fourth-order valence-electron chi connectivity index (χ4n) is 10.9. The third-order valence-electron chi connectivity index (χ3n) is 14.2. The van der Waals surface area contributed by atoms with E-state index in [0.29, 0.717) is 0 Å². The van der Waals surface area contributed by atoms with Crippen molar-refractivity contribution in [2.75, 3.05) is 4.90 Å². The molecule has 0 aliphatic carbocycles. The van der Waals surface area contributed by atoms with Gasteiger partial charge in [-0.25, -0.2) is 0 Å². The van der Waals surface area contributed by atoms with Gasteiger partial charge in [-0.05, 0) is 133 Å². The SMILES string of the molecule is c1ccc(-c2ccc(-n3c4ccccc4c4cc(-c5ccc(N(c6ccc(-c7cccc8c7oc7ccccc78)cc6)c6ccc7c8ccccc8c8ccccc8c7c6)cc5)ccc43)cc2)cc1. The predicted molar refractivity (Wildman–Crippen MR) is 292 cm³/mol. The van der Waals surface area contributed by atoms with Crippen LogP contribution in [0.1, 0.15) is 0 Å². The van der Waals surface area contributed by atoms with Crippen molar-refractivity contribution >= 4 is 93.1 Å². The van der Waals surface area contributed by atoms with Crippen LogP contribution in [0, 0.1) is 0 Å². The molecule has 2 heterocycles. The first kappa shape index (κ1) is 39.0. The van der Waals surface area contributed by atoms with Crippen LogP contribution in [-0.4, -0.2) is 4.57 Å². The highest BCUT2D eigenvalue weighted by atomic mass is 16.3. The first-order valence-electron chi connectivity index (χ1n) is 23.7. The number of anilines is 3. The molecule has 2 aromatic heterocycles. The number of furan rings is 1. The van der Waals surface area contributed by atoms with Crippen LogP contribution in [-0.2, 0) is 0 Å². The van der Waals surface area contributed by atoms with Gasteiger partial charge in [0.15, 0.2) is 0 Å². The highest BCUT2D eigenvalue weighted by molar-refractivity contribution is 6.26. The Labute approximate surface area is 399 Å². The van der Waals surface area contributed by atoms with Crippen molar-refractivity contribution in [2.24, 2.45) is 0 Å². The lowest BCUT2D eigenvalue weighted by Crippen LogP contribution is -2.10. The van der Waals surface area contributed by atoms with Gasteiger partial charge in [0.05, 0.1) is 11.0 Å². The number of hydrogen-bond donors (Lipinski definition) is 0. The number of nitrogens with zero attached hydrogens (tertiary/aromatic N) is 2. The van der Waals surface area contributed by atoms with Gasteiger partial charge < -0.3 is 13.9 Å². The number of aromatic nitrogens is 1. The molecule has 3 nitrogen and oxygen atoms in total. The maximum atomic E-state index is 6.48.